The first-order valence-corrected chi connectivity index (χ1v) is 7.07. The minimum Gasteiger partial charge on any atom is -0.497 e. The molecule has 1 aromatic heterocycles. The minimum atomic E-state index is 0.0558. The third-order valence-corrected chi connectivity index (χ3v) is 3.47. The summed E-state index contributed by atoms with van der Waals surface area (Å²) in [5.41, 5.74) is 3.95. The van der Waals surface area contributed by atoms with E-state index >= 15 is 0 Å². The number of aromatic nitrogens is 1. The molecule has 0 amide bonds. The molecule has 0 aliphatic heterocycles. The van der Waals surface area contributed by atoms with E-state index in [4.69, 9.17) is 9.47 Å². The first kappa shape index (κ1) is 13.8. The van der Waals surface area contributed by atoms with E-state index in [2.05, 4.69) is 22.6 Å². The van der Waals surface area contributed by atoms with Crippen molar-refractivity contribution in [1.82, 2.24) is 10.3 Å². The summed E-state index contributed by atoms with van der Waals surface area (Å²) >= 11 is 1.59. The molecule has 2 aromatic rings. The number of nitrogens with zero attached hydrogens (tertiary/aromatic N) is 1. The maximum atomic E-state index is 5.32. The monoisotopic (exact) mass is 278 g/mol. The van der Waals surface area contributed by atoms with E-state index < -0.39 is 0 Å². The van der Waals surface area contributed by atoms with Gasteiger partial charge >= 0.3 is 0 Å². The Labute approximate surface area is 117 Å². The molecular formula is C14H18N2O2S. The normalized spacial score (nSPS) is 12.2. The van der Waals surface area contributed by atoms with Gasteiger partial charge in [0.2, 0.25) is 0 Å². The number of thiazole rings is 1. The van der Waals surface area contributed by atoms with Gasteiger partial charge in [0, 0.05) is 11.4 Å². The zero-order valence-electron chi connectivity index (χ0n) is 11.3. The highest BCUT2D eigenvalue weighted by Crippen LogP contribution is 2.29. The van der Waals surface area contributed by atoms with Crippen LogP contribution in [0.15, 0.2) is 29.1 Å². The Morgan fingerprint density at radius 1 is 1.21 bits per heavy atom. The summed E-state index contributed by atoms with van der Waals surface area (Å²) in [6.45, 7) is 2.94. The van der Waals surface area contributed by atoms with Crippen LogP contribution in [0.5, 0.6) is 11.5 Å². The van der Waals surface area contributed by atoms with Crippen LogP contribution in [0.25, 0.3) is 0 Å². The molecular weight excluding hydrogens is 260 g/mol. The lowest BCUT2D eigenvalue weighted by atomic mass is 10.0. The van der Waals surface area contributed by atoms with Gasteiger partial charge in [0.1, 0.15) is 11.5 Å². The summed E-state index contributed by atoms with van der Waals surface area (Å²) in [7, 11) is 3.31. The van der Waals surface area contributed by atoms with Crippen molar-refractivity contribution in [2.75, 3.05) is 20.8 Å². The van der Waals surface area contributed by atoms with Crippen molar-refractivity contribution in [3.05, 3.63) is 40.3 Å². The number of hydrogen-bond donors (Lipinski definition) is 1. The van der Waals surface area contributed by atoms with E-state index in [9.17, 15) is 0 Å². The van der Waals surface area contributed by atoms with Gasteiger partial charge in [-0.3, -0.25) is 0 Å². The minimum absolute atomic E-state index is 0.0558. The molecule has 1 heterocycles. The van der Waals surface area contributed by atoms with Crippen molar-refractivity contribution < 1.29 is 9.47 Å². The molecule has 0 fully saturated rings. The molecule has 0 radical (unpaired) electrons. The smallest absolute Gasteiger partial charge is 0.122 e. The van der Waals surface area contributed by atoms with Crippen molar-refractivity contribution in [3.8, 4) is 11.5 Å². The fourth-order valence-electron chi connectivity index (χ4n) is 1.96. The van der Waals surface area contributed by atoms with E-state index in [1.165, 1.54) is 0 Å². The highest BCUT2D eigenvalue weighted by Gasteiger charge is 2.16. The van der Waals surface area contributed by atoms with E-state index in [1.54, 1.807) is 25.6 Å². The molecule has 0 bridgehead atoms. The van der Waals surface area contributed by atoms with E-state index in [0.717, 1.165) is 29.3 Å². The molecule has 5 heteroatoms. The van der Waals surface area contributed by atoms with Gasteiger partial charge in [-0.2, -0.15) is 0 Å². The predicted molar refractivity (Wildman–Crippen MR) is 77.2 cm³/mol. The van der Waals surface area contributed by atoms with Gasteiger partial charge in [0.15, 0.2) is 0 Å². The van der Waals surface area contributed by atoms with Crippen molar-refractivity contribution in [2.45, 2.75) is 13.0 Å². The van der Waals surface area contributed by atoms with Crippen LogP contribution in [0.1, 0.15) is 24.2 Å². The second-order valence-electron chi connectivity index (χ2n) is 4.05. The van der Waals surface area contributed by atoms with Crippen LogP contribution >= 0.6 is 11.3 Å². The van der Waals surface area contributed by atoms with Gasteiger partial charge in [-0.25, -0.2) is 4.98 Å². The third-order valence-electron chi connectivity index (χ3n) is 2.86. The second kappa shape index (κ2) is 6.54. The second-order valence-corrected chi connectivity index (χ2v) is 4.77. The van der Waals surface area contributed by atoms with Crippen LogP contribution in [0.3, 0.4) is 0 Å². The summed E-state index contributed by atoms with van der Waals surface area (Å²) in [6.07, 6.45) is 0. The van der Waals surface area contributed by atoms with E-state index in [-0.39, 0.29) is 6.04 Å². The summed E-state index contributed by atoms with van der Waals surface area (Å²) < 4.78 is 10.6. The average Bonchev–Trinajstić information content (AvgIpc) is 2.97. The van der Waals surface area contributed by atoms with Crippen LogP contribution in [0.4, 0.5) is 0 Å². The average molecular weight is 278 g/mol. The molecule has 1 unspecified atom stereocenters. The number of methoxy groups -OCH3 is 2. The summed E-state index contributed by atoms with van der Waals surface area (Å²) in [5, 5.41) is 5.49. The molecule has 0 aliphatic rings. The predicted octanol–water partition coefficient (Wildman–Crippen LogP) is 2.86. The molecule has 1 N–H and O–H groups in total. The molecule has 0 saturated carbocycles. The standard InChI is InChI=1S/C14H18N2O2S/c1-4-15-14(13-8-19-9-16-13)10-5-11(17-2)7-12(6-10)18-3/h5-9,14-15H,4H2,1-3H3. The van der Waals surface area contributed by atoms with Crippen molar-refractivity contribution >= 4 is 11.3 Å². The third kappa shape index (κ3) is 3.24. The molecule has 2 rings (SSSR count). The van der Waals surface area contributed by atoms with Crippen LogP contribution in [0, 0.1) is 0 Å². The maximum absolute atomic E-state index is 5.32. The number of nitrogens with one attached hydrogen (secondary N) is 1. The number of hydrogen-bond acceptors (Lipinski definition) is 5. The number of benzene rings is 1. The van der Waals surface area contributed by atoms with Crippen molar-refractivity contribution in [1.29, 1.82) is 0 Å². The summed E-state index contributed by atoms with van der Waals surface area (Å²) in [6, 6.07) is 5.94. The lowest BCUT2D eigenvalue weighted by molar-refractivity contribution is 0.392. The highest BCUT2D eigenvalue weighted by atomic mass is 32.1. The highest BCUT2D eigenvalue weighted by molar-refractivity contribution is 7.07. The fourth-order valence-corrected chi connectivity index (χ4v) is 2.54. The van der Waals surface area contributed by atoms with Gasteiger partial charge in [-0.05, 0) is 24.2 Å². The van der Waals surface area contributed by atoms with Gasteiger partial charge in [-0.15, -0.1) is 11.3 Å². The Balaban J connectivity index is 2.41. The Morgan fingerprint density at radius 3 is 2.37 bits per heavy atom. The molecule has 0 aliphatic carbocycles. The van der Waals surface area contributed by atoms with Crippen LogP contribution in [0.2, 0.25) is 0 Å². The molecule has 102 valence electrons. The Kier molecular flexibility index (Phi) is 4.76. The first-order chi connectivity index (χ1) is 9.28. The lowest BCUT2D eigenvalue weighted by Gasteiger charge is -2.18. The van der Waals surface area contributed by atoms with Crippen LogP contribution in [-0.4, -0.2) is 25.7 Å². The molecule has 4 nitrogen and oxygen atoms in total. The van der Waals surface area contributed by atoms with E-state index in [0.29, 0.717) is 0 Å². The van der Waals surface area contributed by atoms with Gasteiger partial charge in [0.25, 0.3) is 0 Å². The molecule has 0 spiro atoms. The number of rotatable bonds is 6. The largest absolute Gasteiger partial charge is 0.497 e. The first-order valence-electron chi connectivity index (χ1n) is 6.13. The van der Waals surface area contributed by atoms with Gasteiger partial charge in [-0.1, -0.05) is 6.92 Å². The Hall–Kier alpha value is -1.59. The molecule has 19 heavy (non-hydrogen) atoms. The van der Waals surface area contributed by atoms with Crippen molar-refractivity contribution in [2.24, 2.45) is 0 Å². The van der Waals surface area contributed by atoms with Crippen LogP contribution < -0.4 is 14.8 Å². The fraction of sp³-hybridized carbons (Fsp3) is 0.357. The van der Waals surface area contributed by atoms with Crippen molar-refractivity contribution in [3.63, 3.8) is 0 Å². The van der Waals surface area contributed by atoms with Gasteiger partial charge < -0.3 is 14.8 Å². The van der Waals surface area contributed by atoms with E-state index in [1.807, 2.05) is 23.7 Å². The van der Waals surface area contributed by atoms with Gasteiger partial charge in [0.05, 0.1) is 31.5 Å². The zero-order valence-corrected chi connectivity index (χ0v) is 12.2. The van der Waals surface area contributed by atoms with Crippen LogP contribution in [-0.2, 0) is 0 Å². The Morgan fingerprint density at radius 2 is 1.89 bits per heavy atom. The quantitative estimate of drug-likeness (QED) is 0.882. The Bertz CT molecular complexity index is 492. The summed E-state index contributed by atoms with van der Waals surface area (Å²) in [4.78, 5) is 4.40. The molecule has 1 aromatic carbocycles. The topological polar surface area (TPSA) is 43.4 Å². The summed E-state index contributed by atoms with van der Waals surface area (Å²) in [5.74, 6) is 1.57. The number of ether oxygens (including phenoxy) is 2. The molecule has 0 saturated heterocycles. The maximum Gasteiger partial charge on any atom is 0.122 e. The lowest BCUT2D eigenvalue weighted by Crippen LogP contribution is -2.22. The molecule has 1 atom stereocenters. The zero-order chi connectivity index (χ0) is 13.7. The SMILES string of the molecule is CCNC(c1cc(OC)cc(OC)c1)c1cscn1.